The lowest BCUT2D eigenvalue weighted by molar-refractivity contribution is -0.127. The number of ether oxygens (including phenoxy) is 1. The fourth-order valence-electron chi connectivity index (χ4n) is 3.36. The molecule has 9 heteroatoms. The Labute approximate surface area is 219 Å². The SMILES string of the molecule is Cc1ccc(NC(=O)CN2C(=O)N/C(=C/c3cc(Br)ccc3OCc3ccc(Br)cc3)C2=O)cc1. The fourth-order valence-corrected chi connectivity index (χ4v) is 4.00. The van der Waals surface area contributed by atoms with Crippen LogP contribution in [0.2, 0.25) is 0 Å². The molecule has 3 aromatic rings. The quantitative estimate of drug-likeness (QED) is 0.272. The Morgan fingerprint density at radius 1 is 1.00 bits per heavy atom. The lowest BCUT2D eigenvalue weighted by atomic mass is 10.1. The van der Waals surface area contributed by atoms with Gasteiger partial charge >= 0.3 is 6.03 Å². The lowest BCUT2D eigenvalue weighted by Crippen LogP contribution is -2.38. The van der Waals surface area contributed by atoms with Gasteiger partial charge in [-0.25, -0.2) is 9.69 Å². The zero-order valence-corrected chi connectivity index (χ0v) is 21.9. The summed E-state index contributed by atoms with van der Waals surface area (Å²) in [5.74, 6) is -0.520. The van der Waals surface area contributed by atoms with Crippen LogP contribution < -0.4 is 15.4 Å². The molecule has 0 saturated carbocycles. The van der Waals surface area contributed by atoms with Crippen molar-refractivity contribution >= 4 is 61.5 Å². The molecule has 0 radical (unpaired) electrons. The van der Waals surface area contributed by atoms with Gasteiger partial charge in [0.1, 0.15) is 24.6 Å². The predicted molar refractivity (Wildman–Crippen MR) is 141 cm³/mol. The van der Waals surface area contributed by atoms with Crippen LogP contribution in [0.1, 0.15) is 16.7 Å². The first-order valence-corrected chi connectivity index (χ1v) is 12.2. The summed E-state index contributed by atoms with van der Waals surface area (Å²) in [6.45, 7) is 1.87. The Bertz CT molecular complexity index is 1310. The van der Waals surface area contributed by atoms with E-state index in [9.17, 15) is 14.4 Å². The highest BCUT2D eigenvalue weighted by Gasteiger charge is 2.35. The average Bonchev–Trinajstić information content (AvgIpc) is 3.08. The minimum absolute atomic E-state index is 0.0599. The molecule has 0 bridgehead atoms. The van der Waals surface area contributed by atoms with Crippen LogP contribution >= 0.6 is 31.9 Å². The van der Waals surface area contributed by atoms with E-state index in [2.05, 4.69) is 42.5 Å². The predicted octanol–water partition coefficient (Wildman–Crippen LogP) is 5.63. The number of aryl methyl sites for hydroxylation is 1. The molecule has 1 fully saturated rings. The van der Waals surface area contributed by atoms with Gasteiger partial charge in [-0.1, -0.05) is 61.7 Å². The number of urea groups is 1. The van der Waals surface area contributed by atoms with Gasteiger partial charge in [0.15, 0.2) is 0 Å². The number of benzene rings is 3. The van der Waals surface area contributed by atoms with E-state index in [0.29, 0.717) is 23.6 Å². The highest BCUT2D eigenvalue weighted by atomic mass is 79.9. The van der Waals surface area contributed by atoms with E-state index in [1.165, 1.54) is 0 Å². The van der Waals surface area contributed by atoms with E-state index < -0.39 is 24.4 Å². The summed E-state index contributed by atoms with van der Waals surface area (Å²) in [4.78, 5) is 38.6. The Morgan fingerprint density at radius 3 is 2.40 bits per heavy atom. The molecule has 0 aromatic heterocycles. The molecule has 0 aliphatic carbocycles. The van der Waals surface area contributed by atoms with Gasteiger partial charge in [0.05, 0.1) is 0 Å². The molecule has 2 N–H and O–H groups in total. The van der Waals surface area contributed by atoms with E-state index in [1.54, 1.807) is 30.3 Å². The van der Waals surface area contributed by atoms with Crippen molar-refractivity contribution < 1.29 is 19.1 Å². The Kier molecular flexibility index (Phi) is 7.67. The zero-order valence-electron chi connectivity index (χ0n) is 18.7. The lowest BCUT2D eigenvalue weighted by Gasteiger charge is -2.12. The molecule has 35 heavy (non-hydrogen) atoms. The number of nitrogens with zero attached hydrogens (tertiary/aromatic N) is 1. The summed E-state index contributed by atoms with van der Waals surface area (Å²) in [5, 5.41) is 5.24. The van der Waals surface area contributed by atoms with Crippen LogP contribution in [0.5, 0.6) is 5.75 Å². The second kappa shape index (κ2) is 10.9. The average molecular weight is 599 g/mol. The number of rotatable bonds is 7. The van der Waals surface area contributed by atoms with Gasteiger partial charge < -0.3 is 15.4 Å². The molecule has 1 heterocycles. The Balaban J connectivity index is 1.47. The van der Waals surface area contributed by atoms with Crippen molar-refractivity contribution in [2.75, 3.05) is 11.9 Å². The van der Waals surface area contributed by atoms with E-state index in [4.69, 9.17) is 4.74 Å². The van der Waals surface area contributed by atoms with E-state index >= 15 is 0 Å². The summed E-state index contributed by atoms with van der Waals surface area (Å²) in [5.41, 5.74) is 3.28. The summed E-state index contributed by atoms with van der Waals surface area (Å²) >= 11 is 6.84. The number of imide groups is 1. The van der Waals surface area contributed by atoms with Crippen molar-refractivity contribution in [1.82, 2.24) is 10.2 Å². The monoisotopic (exact) mass is 597 g/mol. The van der Waals surface area contributed by atoms with Crippen molar-refractivity contribution in [1.29, 1.82) is 0 Å². The molecule has 0 unspecified atom stereocenters. The van der Waals surface area contributed by atoms with Gasteiger partial charge in [0, 0.05) is 20.2 Å². The summed E-state index contributed by atoms with van der Waals surface area (Å²) in [6.07, 6.45) is 1.54. The first-order valence-electron chi connectivity index (χ1n) is 10.7. The van der Waals surface area contributed by atoms with Crippen molar-refractivity contribution in [2.24, 2.45) is 0 Å². The van der Waals surface area contributed by atoms with Gasteiger partial charge in [-0.05, 0) is 61.0 Å². The number of carbonyl (C=O) groups is 3. The number of amides is 4. The second-order valence-corrected chi connectivity index (χ2v) is 9.72. The molecule has 3 aromatic carbocycles. The molecule has 7 nitrogen and oxygen atoms in total. The van der Waals surface area contributed by atoms with Gasteiger partial charge in [0.25, 0.3) is 5.91 Å². The minimum Gasteiger partial charge on any atom is -0.488 e. The first kappa shape index (κ1) is 24.7. The Hall–Kier alpha value is -3.43. The molecule has 1 aliphatic heterocycles. The third kappa shape index (κ3) is 6.37. The minimum atomic E-state index is -0.660. The van der Waals surface area contributed by atoms with Crippen LogP contribution in [-0.2, 0) is 16.2 Å². The second-order valence-electron chi connectivity index (χ2n) is 7.89. The van der Waals surface area contributed by atoms with E-state index in [-0.39, 0.29) is 5.70 Å². The summed E-state index contributed by atoms with van der Waals surface area (Å²) in [6, 6.07) is 19.7. The number of anilines is 1. The van der Waals surface area contributed by atoms with Crippen LogP contribution in [0.4, 0.5) is 10.5 Å². The number of halogens is 2. The number of hydrogen-bond donors (Lipinski definition) is 2. The third-order valence-electron chi connectivity index (χ3n) is 5.18. The van der Waals surface area contributed by atoms with Crippen LogP contribution in [0.25, 0.3) is 6.08 Å². The first-order chi connectivity index (χ1) is 16.8. The molecule has 0 spiro atoms. The van der Waals surface area contributed by atoms with Crippen molar-refractivity contribution in [3.63, 3.8) is 0 Å². The molecule has 0 atom stereocenters. The van der Waals surface area contributed by atoms with E-state index in [1.807, 2.05) is 49.4 Å². The summed E-state index contributed by atoms with van der Waals surface area (Å²) in [7, 11) is 0. The van der Waals surface area contributed by atoms with Crippen molar-refractivity contribution in [2.45, 2.75) is 13.5 Å². The van der Waals surface area contributed by atoms with Crippen molar-refractivity contribution in [3.8, 4) is 5.75 Å². The largest absolute Gasteiger partial charge is 0.488 e. The van der Waals surface area contributed by atoms with Gasteiger partial charge in [-0.15, -0.1) is 0 Å². The topological polar surface area (TPSA) is 87.7 Å². The number of nitrogens with one attached hydrogen (secondary N) is 2. The van der Waals surface area contributed by atoms with Crippen LogP contribution in [0.15, 0.2) is 81.4 Å². The highest BCUT2D eigenvalue weighted by Crippen LogP contribution is 2.27. The maximum absolute atomic E-state index is 12.9. The van der Waals surface area contributed by atoms with E-state index in [0.717, 1.165) is 25.0 Å². The van der Waals surface area contributed by atoms with Crippen LogP contribution in [0, 0.1) is 6.92 Å². The van der Waals surface area contributed by atoms with Gasteiger partial charge in [-0.3, -0.25) is 9.59 Å². The third-order valence-corrected chi connectivity index (χ3v) is 6.20. The van der Waals surface area contributed by atoms with Gasteiger partial charge in [0.2, 0.25) is 5.91 Å². The highest BCUT2D eigenvalue weighted by molar-refractivity contribution is 9.10. The molecule has 4 amide bonds. The molecule has 1 saturated heterocycles. The molecule has 4 rings (SSSR count). The fraction of sp³-hybridized carbons (Fsp3) is 0.115. The molecule has 178 valence electrons. The normalized spacial score (nSPS) is 14.3. The molecule has 1 aliphatic rings. The zero-order chi connectivity index (χ0) is 24.9. The number of hydrogen-bond acceptors (Lipinski definition) is 4. The maximum atomic E-state index is 12.9. The van der Waals surface area contributed by atoms with Crippen LogP contribution in [0.3, 0.4) is 0 Å². The smallest absolute Gasteiger partial charge is 0.329 e. The molecular weight excluding hydrogens is 578 g/mol. The molecular formula is C26H21Br2N3O4. The number of carbonyl (C=O) groups excluding carboxylic acids is 3. The standard InChI is InChI=1S/C26H21Br2N3O4/c1-16-2-9-21(10-3-16)29-24(32)14-31-25(33)22(30-26(31)34)13-18-12-20(28)8-11-23(18)35-15-17-4-6-19(27)7-5-17/h2-13H,14-15H2,1H3,(H,29,32)(H,30,34)/b22-13+. The Morgan fingerprint density at radius 2 is 1.69 bits per heavy atom. The maximum Gasteiger partial charge on any atom is 0.329 e. The van der Waals surface area contributed by atoms with Crippen molar-refractivity contribution in [3.05, 3.63) is 98.1 Å². The summed E-state index contributed by atoms with van der Waals surface area (Å²) < 4.78 is 7.73. The van der Waals surface area contributed by atoms with Gasteiger partial charge in [-0.2, -0.15) is 0 Å². The van der Waals surface area contributed by atoms with Crippen LogP contribution in [-0.4, -0.2) is 29.3 Å².